The summed E-state index contributed by atoms with van der Waals surface area (Å²) < 4.78 is 46.9. The Labute approximate surface area is 314 Å². The highest BCUT2D eigenvalue weighted by molar-refractivity contribution is 5.57. The minimum atomic E-state index is -0.453. The van der Waals surface area contributed by atoms with E-state index in [0.717, 1.165) is 45.2 Å². The van der Waals surface area contributed by atoms with Crippen molar-refractivity contribution >= 4 is 23.5 Å². The summed E-state index contributed by atoms with van der Waals surface area (Å²) in [5, 5.41) is 18.9. The van der Waals surface area contributed by atoms with Crippen LogP contribution < -0.4 is 38.0 Å². The molecule has 1 atom stereocenters. The Morgan fingerprint density at radius 3 is 1.75 bits per heavy atom. The molecule has 1 saturated heterocycles. The summed E-state index contributed by atoms with van der Waals surface area (Å²) in [5.41, 5.74) is 0.537. The quantitative estimate of drug-likeness (QED) is 0.0694. The molecule has 1 unspecified atom stereocenters. The molecule has 1 aliphatic heterocycles. The van der Waals surface area contributed by atoms with Gasteiger partial charge in [0.2, 0.25) is 17.8 Å². The summed E-state index contributed by atoms with van der Waals surface area (Å²) in [6.07, 6.45) is 10.1. The van der Waals surface area contributed by atoms with E-state index in [0.29, 0.717) is 102 Å². The van der Waals surface area contributed by atoms with Crippen LogP contribution in [0.3, 0.4) is 0 Å². The molecule has 52 heavy (non-hydrogen) atoms. The van der Waals surface area contributed by atoms with E-state index in [-0.39, 0.29) is 30.8 Å². The number of quaternary nitrogens is 1. The minimum absolute atomic E-state index is 0. The fourth-order valence-electron chi connectivity index (χ4n) is 6.36. The molecule has 0 radical (unpaired) electrons. The highest BCUT2D eigenvalue weighted by atomic mass is 35.5. The van der Waals surface area contributed by atoms with Crippen molar-refractivity contribution in [3.05, 3.63) is 24.0 Å². The maximum atomic E-state index is 14.4. The number of halogens is 2. The van der Waals surface area contributed by atoms with Gasteiger partial charge in [0.1, 0.15) is 0 Å². The summed E-state index contributed by atoms with van der Waals surface area (Å²) >= 11 is 0. The number of rotatable bonds is 25. The van der Waals surface area contributed by atoms with Crippen LogP contribution >= 0.6 is 0 Å². The van der Waals surface area contributed by atoms with E-state index in [9.17, 15) is 4.39 Å². The number of nitrogens with one attached hydrogen (secondary N) is 4. The Kier molecular flexibility index (Phi) is 22.1. The van der Waals surface area contributed by atoms with Crippen LogP contribution in [-0.4, -0.2) is 131 Å². The van der Waals surface area contributed by atoms with Gasteiger partial charge in [0.25, 0.3) is 0 Å². The van der Waals surface area contributed by atoms with Crippen LogP contribution in [0.5, 0.6) is 5.75 Å². The van der Waals surface area contributed by atoms with E-state index < -0.39 is 5.82 Å². The van der Waals surface area contributed by atoms with Gasteiger partial charge >= 0.3 is 0 Å². The van der Waals surface area contributed by atoms with Crippen LogP contribution in [0.4, 0.5) is 27.9 Å². The fraction of sp³-hybridized carbons (Fsp3) is 0.750. The van der Waals surface area contributed by atoms with E-state index in [1.54, 1.807) is 17.0 Å². The molecular formula is C36H61ClFN7O7. The second-order valence-corrected chi connectivity index (χ2v) is 13.2. The second-order valence-electron chi connectivity index (χ2n) is 13.2. The van der Waals surface area contributed by atoms with Crippen molar-refractivity contribution in [2.24, 2.45) is 0 Å². The van der Waals surface area contributed by atoms with E-state index in [1.807, 2.05) is 0 Å². The predicted octanol–water partition coefficient (Wildman–Crippen LogP) is 0.215. The molecule has 16 heteroatoms. The molecule has 14 nitrogen and oxygen atoms in total. The maximum Gasteiger partial charge on any atom is 0.233 e. The number of hydrogen-bond donors (Lipinski definition) is 5. The highest BCUT2D eigenvalue weighted by Gasteiger charge is 2.27. The Hall–Kier alpha value is -2.63. The molecule has 0 spiro atoms. The molecule has 1 aromatic carbocycles. The topological polar surface area (TPSA) is 155 Å². The SMILES string of the molecule is COc1ccc(Nc2nc(NC3CCCCCC3)nc(NC3CC[NH+](C(C)CCOCCOCCOCCOCCOCCO)CC3)n2)cc1F.[Cl-]. The highest BCUT2D eigenvalue weighted by Crippen LogP contribution is 2.25. The molecule has 0 bridgehead atoms. The van der Waals surface area contributed by atoms with Gasteiger partial charge in [0.05, 0.1) is 98.9 Å². The van der Waals surface area contributed by atoms with Crippen molar-refractivity contribution in [2.45, 2.75) is 82.8 Å². The van der Waals surface area contributed by atoms with Crippen molar-refractivity contribution in [3.63, 3.8) is 0 Å². The first kappa shape index (κ1) is 43.8. The molecule has 4 rings (SSSR count). The first-order valence-corrected chi connectivity index (χ1v) is 18.8. The number of nitrogens with zero attached hydrogens (tertiary/aromatic N) is 3. The van der Waals surface area contributed by atoms with Crippen LogP contribution in [0, 0.1) is 5.82 Å². The fourth-order valence-corrected chi connectivity index (χ4v) is 6.36. The molecule has 1 aliphatic carbocycles. The zero-order chi connectivity index (χ0) is 35.9. The first-order valence-electron chi connectivity index (χ1n) is 18.8. The van der Waals surface area contributed by atoms with Gasteiger partial charge in [0, 0.05) is 43.1 Å². The number of aliphatic hydroxyl groups excluding tert-OH is 1. The molecule has 1 saturated carbocycles. The number of anilines is 4. The van der Waals surface area contributed by atoms with Crippen molar-refractivity contribution < 1.29 is 55.2 Å². The molecule has 1 aromatic heterocycles. The molecule has 5 N–H and O–H groups in total. The van der Waals surface area contributed by atoms with E-state index in [4.69, 9.17) is 38.5 Å². The number of piperidine rings is 1. The molecule has 0 amide bonds. The third-order valence-corrected chi connectivity index (χ3v) is 9.31. The molecular weight excluding hydrogens is 697 g/mol. The molecule has 2 fully saturated rings. The molecule has 296 valence electrons. The lowest BCUT2D eigenvalue weighted by atomic mass is 10.0. The average Bonchev–Trinajstić information content (AvgIpc) is 3.40. The third-order valence-electron chi connectivity index (χ3n) is 9.31. The van der Waals surface area contributed by atoms with E-state index in [2.05, 4.69) is 32.8 Å². The summed E-state index contributed by atoms with van der Waals surface area (Å²) in [6.45, 7) is 9.61. The number of likely N-dealkylation sites (tertiary alicyclic amines) is 1. The summed E-state index contributed by atoms with van der Waals surface area (Å²) in [6, 6.07) is 5.78. The Morgan fingerprint density at radius 1 is 0.731 bits per heavy atom. The summed E-state index contributed by atoms with van der Waals surface area (Å²) in [7, 11) is 1.45. The number of aliphatic hydroxyl groups is 1. The van der Waals surface area contributed by atoms with Gasteiger partial charge in [-0.25, -0.2) is 4.39 Å². The summed E-state index contributed by atoms with van der Waals surface area (Å²) in [5.74, 6) is 1.15. The molecule has 2 heterocycles. The smallest absolute Gasteiger partial charge is 0.233 e. The lowest BCUT2D eigenvalue weighted by molar-refractivity contribution is -0.928. The van der Waals surface area contributed by atoms with Crippen molar-refractivity contribution in [3.8, 4) is 5.75 Å². The van der Waals surface area contributed by atoms with Gasteiger partial charge < -0.3 is 66.8 Å². The van der Waals surface area contributed by atoms with E-state index >= 15 is 0 Å². The van der Waals surface area contributed by atoms with Crippen LogP contribution in [0.15, 0.2) is 18.2 Å². The maximum absolute atomic E-state index is 14.4. The van der Waals surface area contributed by atoms with Crippen molar-refractivity contribution in [1.82, 2.24) is 15.0 Å². The Morgan fingerprint density at radius 2 is 1.23 bits per heavy atom. The Balaban J connectivity index is 0.00000729. The van der Waals surface area contributed by atoms with E-state index in [1.165, 1.54) is 38.9 Å². The van der Waals surface area contributed by atoms with Crippen LogP contribution in [0.25, 0.3) is 0 Å². The van der Waals surface area contributed by atoms with Gasteiger partial charge in [-0.3, -0.25) is 0 Å². The van der Waals surface area contributed by atoms with Crippen molar-refractivity contribution in [2.75, 3.05) is 109 Å². The molecule has 2 aliphatic rings. The zero-order valence-corrected chi connectivity index (χ0v) is 31.8. The number of methoxy groups -OCH3 is 1. The van der Waals surface area contributed by atoms with Crippen LogP contribution in [-0.2, 0) is 23.7 Å². The first-order chi connectivity index (χ1) is 25.0. The predicted molar refractivity (Wildman–Crippen MR) is 194 cm³/mol. The number of hydrogen-bond acceptors (Lipinski definition) is 13. The molecule has 2 aromatic rings. The second kappa shape index (κ2) is 26.2. The van der Waals surface area contributed by atoms with Gasteiger partial charge in [-0.2, -0.15) is 15.0 Å². The lowest BCUT2D eigenvalue weighted by Crippen LogP contribution is -3.16. The average molecular weight is 758 g/mol. The summed E-state index contributed by atoms with van der Waals surface area (Å²) in [4.78, 5) is 15.7. The van der Waals surface area contributed by atoms with Gasteiger partial charge in [-0.1, -0.05) is 25.7 Å². The number of ether oxygens (including phenoxy) is 6. The number of benzene rings is 1. The Bertz CT molecular complexity index is 1230. The monoisotopic (exact) mass is 757 g/mol. The minimum Gasteiger partial charge on any atom is -1.00 e. The normalized spacial score (nSPS) is 18.6. The van der Waals surface area contributed by atoms with Gasteiger partial charge in [-0.15, -0.1) is 0 Å². The third kappa shape index (κ3) is 17.0. The lowest BCUT2D eigenvalue weighted by Gasteiger charge is -2.33. The largest absolute Gasteiger partial charge is 1.00 e. The van der Waals surface area contributed by atoms with Crippen LogP contribution in [0.2, 0.25) is 0 Å². The van der Waals surface area contributed by atoms with Crippen LogP contribution in [0.1, 0.15) is 64.7 Å². The van der Waals surface area contributed by atoms with Gasteiger partial charge in [-0.05, 0) is 31.9 Å². The van der Waals surface area contributed by atoms with Gasteiger partial charge in [0.15, 0.2) is 11.6 Å². The zero-order valence-electron chi connectivity index (χ0n) is 31.0. The standard InChI is InChI=1S/C36H60FN7O7.ClH/c1-28(13-17-47-19-21-49-23-25-51-26-24-50-22-20-48-18-16-45)44-14-11-30(12-15-44)39-35-41-34(38-29-7-5-3-4-6-8-29)42-36(43-35)40-31-9-10-33(46-2)32(37)27-31;/h9-10,27-30,45H,3-8,11-26H2,1-2H3,(H3,38,39,40,41,42,43);1H. The number of aromatic nitrogens is 3. The van der Waals surface area contributed by atoms with Crippen molar-refractivity contribution in [1.29, 1.82) is 0 Å².